The lowest BCUT2D eigenvalue weighted by atomic mass is 10.1. The van der Waals surface area contributed by atoms with Crippen LogP contribution in [0.5, 0.6) is 0 Å². The molecular weight excluding hydrogens is 281 g/mol. The number of nitrogens with zero attached hydrogens (tertiary/aromatic N) is 1. The quantitative estimate of drug-likeness (QED) is 0.682. The summed E-state index contributed by atoms with van der Waals surface area (Å²) in [4.78, 5) is 14.3. The number of aryl methyl sites for hydroxylation is 1. The zero-order valence-corrected chi connectivity index (χ0v) is 9.19. The van der Waals surface area contributed by atoms with Crippen LogP contribution in [0.3, 0.4) is 0 Å². The molecule has 1 aromatic rings. The van der Waals surface area contributed by atoms with Gasteiger partial charge in [-0.1, -0.05) is 6.07 Å². The van der Waals surface area contributed by atoms with Gasteiger partial charge in [0.1, 0.15) is 3.70 Å². The fourth-order valence-electron chi connectivity index (χ4n) is 0.998. The Hall–Kier alpha value is -0.650. The summed E-state index contributed by atoms with van der Waals surface area (Å²) in [6.07, 6.45) is 3.49. The largest absolute Gasteiger partial charge is 0.481 e. The maximum absolute atomic E-state index is 10.2. The third kappa shape index (κ3) is 4.21. The summed E-state index contributed by atoms with van der Waals surface area (Å²) in [5, 5.41) is 8.42. The fourth-order valence-corrected chi connectivity index (χ4v) is 1.32. The average molecular weight is 291 g/mol. The van der Waals surface area contributed by atoms with Crippen LogP contribution < -0.4 is 0 Å². The van der Waals surface area contributed by atoms with Crippen LogP contribution in [0.25, 0.3) is 0 Å². The first-order valence-electron chi connectivity index (χ1n) is 4.00. The number of aliphatic carboxylic acids is 1. The number of halogens is 1. The Balaban J connectivity index is 2.37. The minimum atomic E-state index is -0.738. The van der Waals surface area contributed by atoms with Gasteiger partial charge in [0.2, 0.25) is 0 Å². The molecule has 1 aromatic heterocycles. The van der Waals surface area contributed by atoms with Gasteiger partial charge in [0.05, 0.1) is 0 Å². The number of hydrogen-bond donors (Lipinski definition) is 1. The molecule has 1 heterocycles. The van der Waals surface area contributed by atoms with E-state index >= 15 is 0 Å². The number of carbonyl (C=O) groups is 1. The van der Waals surface area contributed by atoms with Gasteiger partial charge in [-0.3, -0.25) is 9.78 Å². The first kappa shape index (κ1) is 10.4. The number of hydrogen-bond acceptors (Lipinski definition) is 2. The van der Waals surface area contributed by atoms with Gasteiger partial charge in [-0.05, 0) is 47.1 Å². The Labute approximate surface area is 90.3 Å². The molecule has 13 heavy (non-hydrogen) atoms. The van der Waals surface area contributed by atoms with Gasteiger partial charge in [0, 0.05) is 12.6 Å². The first-order chi connectivity index (χ1) is 6.18. The summed E-state index contributed by atoms with van der Waals surface area (Å²) in [6, 6.07) is 3.91. The Kier molecular flexibility index (Phi) is 4.14. The van der Waals surface area contributed by atoms with E-state index in [4.69, 9.17) is 5.11 Å². The van der Waals surface area contributed by atoms with Crippen molar-refractivity contribution in [3.8, 4) is 0 Å². The normalized spacial score (nSPS) is 9.92. The van der Waals surface area contributed by atoms with Crippen molar-refractivity contribution in [1.82, 2.24) is 4.98 Å². The van der Waals surface area contributed by atoms with E-state index in [-0.39, 0.29) is 6.42 Å². The van der Waals surface area contributed by atoms with Crippen LogP contribution in [0.2, 0.25) is 0 Å². The van der Waals surface area contributed by atoms with Crippen molar-refractivity contribution in [2.24, 2.45) is 0 Å². The minimum absolute atomic E-state index is 0.228. The molecule has 0 atom stereocenters. The van der Waals surface area contributed by atoms with E-state index in [1.54, 1.807) is 6.20 Å². The van der Waals surface area contributed by atoms with Gasteiger partial charge in [-0.15, -0.1) is 0 Å². The molecule has 0 unspecified atom stereocenters. The molecule has 0 spiro atoms. The van der Waals surface area contributed by atoms with Crippen LogP contribution in [0.15, 0.2) is 18.3 Å². The van der Waals surface area contributed by atoms with Gasteiger partial charge < -0.3 is 5.11 Å². The molecule has 3 nitrogen and oxygen atoms in total. The molecule has 0 aromatic carbocycles. The molecule has 4 heteroatoms. The van der Waals surface area contributed by atoms with Crippen LogP contribution >= 0.6 is 22.6 Å². The van der Waals surface area contributed by atoms with Crippen molar-refractivity contribution in [3.05, 3.63) is 27.6 Å². The SMILES string of the molecule is O=C(O)CCCc1ccc(I)nc1. The number of pyridine rings is 1. The van der Waals surface area contributed by atoms with E-state index in [1.165, 1.54) is 0 Å². The summed E-state index contributed by atoms with van der Waals surface area (Å²) < 4.78 is 0.958. The molecule has 0 saturated carbocycles. The van der Waals surface area contributed by atoms with E-state index in [2.05, 4.69) is 27.6 Å². The predicted octanol–water partition coefficient (Wildman–Crippen LogP) is 2.09. The van der Waals surface area contributed by atoms with Gasteiger partial charge in [-0.25, -0.2) is 0 Å². The number of carboxylic acids is 1. The lowest BCUT2D eigenvalue weighted by Gasteiger charge is -1.98. The Bertz CT molecular complexity index is 284. The van der Waals surface area contributed by atoms with E-state index < -0.39 is 5.97 Å². The third-order valence-electron chi connectivity index (χ3n) is 1.64. The zero-order chi connectivity index (χ0) is 9.68. The number of aromatic nitrogens is 1. The summed E-state index contributed by atoms with van der Waals surface area (Å²) in [7, 11) is 0. The second-order valence-electron chi connectivity index (χ2n) is 2.74. The Morgan fingerprint density at radius 2 is 2.31 bits per heavy atom. The third-order valence-corrected chi connectivity index (χ3v) is 2.28. The van der Waals surface area contributed by atoms with Gasteiger partial charge in [0.25, 0.3) is 0 Å². The van der Waals surface area contributed by atoms with Gasteiger partial charge in [-0.2, -0.15) is 0 Å². The maximum Gasteiger partial charge on any atom is 0.303 e. The summed E-state index contributed by atoms with van der Waals surface area (Å²) in [6.45, 7) is 0. The molecule has 1 rings (SSSR count). The van der Waals surface area contributed by atoms with Crippen molar-refractivity contribution in [2.75, 3.05) is 0 Å². The molecular formula is C9H10INO2. The fraction of sp³-hybridized carbons (Fsp3) is 0.333. The molecule has 1 N–H and O–H groups in total. The van der Waals surface area contributed by atoms with Crippen LogP contribution in [-0.4, -0.2) is 16.1 Å². The highest BCUT2D eigenvalue weighted by Crippen LogP contribution is 2.06. The van der Waals surface area contributed by atoms with Crippen LogP contribution in [-0.2, 0) is 11.2 Å². The highest BCUT2D eigenvalue weighted by molar-refractivity contribution is 14.1. The zero-order valence-electron chi connectivity index (χ0n) is 7.03. The highest BCUT2D eigenvalue weighted by atomic mass is 127. The van der Waals surface area contributed by atoms with Gasteiger partial charge >= 0.3 is 5.97 Å². The average Bonchev–Trinajstić information content (AvgIpc) is 2.08. The van der Waals surface area contributed by atoms with Crippen LogP contribution in [0.1, 0.15) is 18.4 Å². The smallest absolute Gasteiger partial charge is 0.303 e. The molecule has 0 amide bonds. The molecule has 0 aliphatic rings. The highest BCUT2D eigenvalue weighted by Gasteiger charge is 1.98. The summed E-state index contributed by atoms with van der Waals surface area (Å²) in [5.74, 6) is -0.738. The number of carboxylic acid groups (broad SMARTS) is 1. The van der Waals surface area contributed by atoms with Crippen molar-refractivity contribution < 1.29 is 9.90 Å². The molecule has 70 valence electrons. The van der Waals surface area contributed by atoms with E-state index in [0.717, 1.165) is 15.7 Å². The Morgan fingerprint density at radius 1 is 1.54 bits per heavy atom. The molecule has 0 saturated heterocycles. The maximum atomic E-state index is 10.2. The minimum Gasteiger partial charge on any atom is -0.481 e. The van der Waals surface area contributed by atoms with Crippen LogP contribution in [0, 0.1) is 3.70 Å². The first-order valence-corrected chi connectivity index (χ1v) is 5.08. The molecule has 0 aliphatic heterocycles. The van der Waals surface area contributed by atoms with Gasteiger partial charge in [0.15, 0.2) is 0 Å². The summed E-state index contributed by atoms with van der Waals surface area (Å²) in [5.41, 5.74) is 1.10. The van der Waals surface area contributed by atoms with Crippen LogP contribution in [0.4, 0.5) is 0 Å². The predicted molar refractivity (Wildman–Crippen MR) is 57.5 cm³/mol. The standard InChI is InChI=1S/C9H10INO2/c10-8-5-4-7(6-11-8)2-1-3-9(12)13/h4-6H,1-3H2,(H,12,13). The van der Waals surface area contributed by atoms with E-state index in [0.29, 0.717) is 6.42 Å². The van der Waals surface area contributed by atoms with E-state index in [1.807, 2.05) is 12.1 Å². The van der Waals surface area contributed by atoms with Crippen molar-refractivity contribution >= 4 is 28.6 Å². The molecule has 0 bridgehead atoms. The van der Waals surface area contributed by atoms with Crippen molar-refractivity contribution in [3.63, 3.8) is 0 Å². The lowest BCUT2D eigenvalue weighted by Crippen LogP contribution is -1.96. The topological polar surface area (TPSA) is 50.2 Å². The Morgan fingerprint density at radius 3 is 2.85 bits per heavy atom. The molecule has 0 fully saturated rings. The number of rotatable bonds is 4. The second-order valence-corrected chi connectivity index (χ2v) is 3.84. The van der Waals surface area contributed by atoms with Crippen molar-refractivity contribution in [2.45, 2.75) is 19.3 Å². The monoisotopic (exact) mass is 291 g/mol. The van der Waals surface area contributed by atoms with Crippen molar-refractivity contribution in [1.29, 1.82) is 0 Å². The second kappa shape index (κ2) is 5.16. The molecule has 0 radical (unpaired) electrons. The summed E-state index contributed by atoms with van der Waals surface area (Å²) >= 11 is 2.14. The molecule has 0 aliphatic carbocycles. The van der Waals surface area contributed by atoms with E-state index in [9.17, 15) is 4.79 Å². The lowest BCUT2D eigenvalue weighted by molar-refractivity contribution is -0.137.